The predicted octanol–water partition coefficient (Wildman–Crippen LogP) is 3.18. The average Bonchev–Trinajstić information content (AvgIpc) is 2.73. The molecule has 1 aromatic rings. The molecule has 1 heterocycles. The summed E-state index contributed by atoms with van der Waals surface area (Å²) >= 11 is 0. The third-order valence-corrected chi connectivity index (χ3v) is 7.66. The van der Waals surface area contributed by atoms with Gasteiger partial charge in [0.15, 0.2) is 5.72 Å². The minimum Gasteiger partial charge on any atom is -0.467 e. The minimum absolute atomic E-state index is 0.0204. The van der Waals surface area contributed by atoms with Crippen molar-refractivity contribution in [3.05, 3.63) is 29.8 Å². The Labute approximate surface area is 179 Å². The quantitative estimate of drug-likeness (QED) is 0.674. The Morgan fingerprint density at radius 2 is 2.07 bits per heavy atom. The number of rotatable bonds is 7. The molecule has 3 fully saturated rings. The van der Waals surface area contributed by atoms with Crippen LogP contribution in [0.1, 0.15) is 63.2 Å². The van der Waals surface area contributed by atoms with Crippen LogP contribution in [0.25, 0.3) is 0 Å². The first-order chi connectivity index (χ1) is 14.4. The van der Waals surface area contributed by atoms with E-state index in [0.29, 0.717) is 17.7 Å². The van der Waals surface area contributed by atoms with Crippen LogP contribution in [0.15, 0.2) is 24.3 Å². The van der Waals surface area contributed by atoms with Crippen molar-refractivity contribution in [1.29, 1.82) is 0 Å². The van der Waals surface area contributed by atoms with Gasteiger partial charge in [0, 0.05) is 24.8 Å². The van der Waals surface area contributed by atoms with E-state index in [-0.39, 0.29) is 29.1 Å². The van der Waals surface area contributed by atoms with Crippen LogP contribution in [0.2, 0.25) is 0 Å². The molecule has 4 aliphatic rings. The number of fused-ring (bicyclic) bond motifs is 3. The molecule has 4 atom stereocenters. The summed E-state index contributed by atoms with van der Waals surface area (Å²) in [5.41, 5.74) is -0.257. The van der Waals surface area contributed by atoms with Crippen molar-refractivity contribution in [3.63, 3.8) is 0 Å². The molecule has 1 spiro atoms. The second kappa shape index (κ2) is 8.22. The molecule has 3 saturated carbocycles. The van der Waals surface area contributed by atoms with E-state index >= 15 is 0 Å². The maximum absolute atomic E-state index is 13.1. The summed E-state index contributed by atoms with van der Waals surface area (Å²) in [5.74, 6) is 0.899. The molecule has 1 aromatic carbocycles. The van der Waals surface area contributed by atoms with Crippen molar-refractivity contribution in [2.75, 3.05) is 26.2 Å². The van der Waals surface area contributed by atoms with Crippen molar-refractivity contribution >= 4 is 11.8 Å². The number of hydrogen-bond donors (Lipinski definition) is 2. The molecule has 0 radical (unpaired) electrons. The van der Waals surface area contributed by atoms with Gasteiger partial charge in [0.05, 0.1) is 5.56 Å². The molecular weight excluding hydrogens is 378 g/mol. The zero-order chi connectivity index (χ0) is 21.4. The Morgan fingerprint density at radius 1 is 1.30 bits per heavy atom. The molecule has 164 valence electrons. The number of nitrogens with zero attached hydrogens (tertiary/aromatic N) is 1. The summed E-state index contributed by atoms with van der Waals surface area (Å²) < 4.78 is 6.44. The predicted molar refractivity (Wildman–Crippen MR) is 116 cm³/mol. The van der Waals surface area contributed by atoms with Gasteiger partial charge in [-0.15, -0.1) is 0 Å². The fraction of sp³-hybridized carbons (Fsp3) is 0.667. The number of para-hydroxylation sites is 1. The number of nitrogens with one attached hydrogen (secondary N) is 2. The molecule has 4 unspecified atom stereocenters. The summed E-state index contributed by atoms with van der Waals surface area (Å²) in [6.45, 7) is 10.4. The minimum atomic E-state index is -0.683. The standard InChI is InChI=1S/C24H35N3O3/c1-4-27(5-2)14-8-13-25-22(29)19-15-17-11-12-23(19,3)16-24(17)26-21(28)18-9-6-7-10-20(18)30-24/h6-7,9-10,17,19H,4-5,8,11-16H2,1-3H3,(H,25,29)(H,26,28). The number of benzene rings is 1. The van der Waals surface area contributed by atoms with Gasteiger partial charge in [-0.3, -0.25) is 9.59 Å². The number of amides is 2. The monoisotopic (exact) mass is 413 g/mol. The largest absolute Gasteiger partial charge is 0.467 e. The normalized spacial score (nSPS) is 31.9. The third kappa shape index (κ3) is 3.70. The summed E-state index contributed by atoms with van der Waals surface area (Å²) in [6, 6.07) is 7.44. The van der Waals surface area contributed by atoms with E-state index in [1.165, 1.54) is 0 Å². The summed E-state index contributed by atoms with van der Waals surface area (Å²) in [6.07, 6.45) is 4.39. The number of carbonyl (C=O) groups is 2. The number of ether oxygens (including phenoxy) is 1. The van der Waals surface area contributed by atoms with Crippen LogP contribution in [0.3, 0.4) is 0 Å². The Balaban J connectivity index is 1.41. The molecule has 6 nitrogen and oxygen atoms in total. The molecule has 2 amide bonds. The molecular formula is C24H35N3O3. The zero-order valence-electron chi connectivity index (χ0n) is 18.5. The van der Waals surface area contributed by atoms with Crippen molar-refractivity contribution in [2.24, 2.45) is 17.3 Å². The highest BCUT2D eigenvalue weighted by molar-refractivity contribution is 5.98. The van der Waals surface area contributed by atoms with Crippen LogP contribution >= 0.6 is 0 Å². The molecule has 2 N–H and O–H groups in total. The third-order valence-electron chi connectivity index (χ3n) is 7.66. The summed E-state index contributed by atoms with van der Waals surface area (Å²) in [5, 5.41) is 6.37. The van der Waals surface area contributed by atoms with Gasteiger partial charge < -0.3 is 20.3 Å². The first-order valence-corrected chi connectivity index (χ1v) is 11.5. The van der Waals surface area contributed by atoms with Gasteiger partial charge in [-0.2, -0.15) is 0 Å². The lowest BCUT2D eigenvalue weighted by Gasteiger charge is -2.59. The Kier molecular flexibility index (Phi) is 5.80. The summed E-state index contributed by atoms with van der Waals surface area (Å²) in [7, 11) is 0. The Hall–Kier alpha value is -2.08. The fourth-order valence-electron chi connectivity index (χ4n) is 5.84. The lowest BCUT2D eigenvalue weighted by Crippen LogP contribution is -2.69. The molecule has 5 rings (SSSR count). The zero-order valence-corrected chi connectivity index (χ0v) is 18.5. The molecule has 0 saturated heterocycles. The van der Waals surface area contributed by atoms with Gasteiger partial charge in [-0.25, -0.2) is 0 Å². The highest BCUT2D eigenvalue weighted by Gasteiger charge is 2.61. The van der Waals surface area contributed by atoms with E-state index < -0.39 is 5.72 Å². The van der Waals surface area contributed by atoms with Crippen molar-refractivity contribution in [3.8, 4) is 5.75 Å². The first kappa shape index (κ1) is 21.2. The van der Waals surface area contributed by atoms with Crippen LogP contribution in [0.5, 0.6) is 5.75 Å². The Morgan fingerprint density at radius 3 is 2.80 bits per heavy atom. The van der Waals surface area contributed by atoms with Crippen LogP contribution in [0.4, 0.5) is 0 Å². The van der Waals surface area contributed by atoms with Crippen LogP contribution < -0.4 is 15.4 Å². The van der Waals surface area contributed by atoms with E-state index in [1.54, 1.807) is 6.07 Å². The van der Waals surface area contributed by atoms with Gasteiger partial charge in [-0.05, 0) is 62.9 Å². The number of hydrogen-bond acceptors (Lipinski definition) is 4. The van der Waals surface area contributed by atoms with E-state index in [4.69, 9.17) is 4.74 Å². The highest BCUT2D eigenvalue weighted by Crippen LogP contribution is 2.58. The molecule has 30 heavy (non-hydrogen) atoms. The molecule has 3 aliphatic carbocycles. The topological polar surface area (TPSA) is 70.7 Å². The van der Waals surface area contributed by atoms with Gasteiger partial charge in [0.1, 0.15) is 5.75 Å². The van der Waals surface area contributed by atoms with E-state index in [0.717, 1.165) is 51.9 Å². The van der Waals surface area contributed by atoms with Crippen molar-refractivity contribution in [1.82, 2.24) is 15.5 Å². The lowest BCUT2D eigenvalue weighted by atomic mass is 9.52. The van der Waals surface area contributed by atoms with Crippen LogP contribution in [0, 0.1) is 17.3 Å². The van der Waals surface area contributed by atoms with Crippen molar-refractivity contribution < 1.29 is 14.3 Å². The SMILES string of the molecule is CCN(CC)CCCNC(=O)C1CC2CCC1(C)CC21NC(=O)c2ccccc2O1. The maximum Gasteiger partial charge on any atom is 0.258 e. The molecule has 6 heteroatoms. The molecule has 0 aromatic heterocycles. The lowest BCUT2D eigenvalue weighted by molar-refractivity contribution is -0.167. The maximum atomic E-state index is 13.1. The average molecular weight is 414 g/mol. The van der Waals surface area contributed by atoms with Gasteiger partial charge in [0.25, 0.3) is 5.91 Å². The van der Waals surface area contributed by atoms with E-state index in [1.807, 2.05) is 18.2 Å². The first-order valence-electron chi connectivity index (χ1n) is 11.5. The van der Waals surface area contributed by atoms with Gasteiger partial charge >= 0.3 is 0 Å². The summed E-state index contributed by atoms with van der Waals surface area (Å²) in [4.78, 5) is 28.2. The molecule has 2 bridgehead atoms. The van der Waals surface area contributed by atoms with Gasteiger partial charge in [0.2, 0.25) is 5.91 Å². The molecule has 1 aliphatic heterocycles. The van der Waals surface area contributed by atoms with Crippen molar-refractivity contribution in [2.45, 2.75) is 58.6 Å². The highest BCUT2D eigenvalue weighted by atomic mass is 16.5. The smallest absolute Gasteiger partial charge is 0.258 e. The second-order valence-electron chi connectivity index (χ2n) is 9.47. The second-order valence-corrected chi connectivity index (χ2v) is 9.47. The van der Waals surface area contributed by atoms with Crippen LogP contribution in [-0.4, -0.2) is 48.6 Å². The van der Waals surface area contributed by atoms with E-state index in [9.17, 15) is 9.59 Å². The van der Waals surface area contributed by atoms with Gasteiger partial charge in [-0.1, -0.05) is 32.9 Å². The number of carbonyl (C=O) groups excluding carboxylic acids is 2. The van der Waals surface area contributed by atoms with Crippen LogP contribution in [-0.2, 0) is 4.79 Å². The fourth-order valence-corrected chi connectivity index (χ4v) is 5.84. The van der Waals surface area contributed by atoms with E-state index in [2.05, 4.69) is 36.3 Å². The Bertz CT molecular complexity index is 809.